The minimum atomic E-state index is -5.07. The second-order valence-electron chi connectivity index (χ2n) is 8.52. The molecule has 2 heterocycles. The van der Waals surface area contributed by atoms with Crippen molar-refractivity contribution in [3.63, 3.8) is 0 Å². The second kappa shape index (κ2) is 7.79. The van der Waals surface area contributed by atoms with Crippen molar-refractivity contribution in [2.24, 2.45) is 0 Å². The van der Waals surface area contributed by atoms with Crippen molar-refractivity contribution in [3.05, 3.63) is 29.8 Å². The van der Waals surface area contributed by atoms with Crippen LogP contribution in [0.3, 0.4) is 0 Å². The molecule has 5 amide bonds. The standard InChI is InChI=1S/C21H23F3N4O4/c1-12(28-17(30)20(26-19(28)32)8-4-5-9-20)16(29)25-14-10-13-6-2-3-7-15(13)27(11-14)18(31)21(22,23)24/h2-3,6-7,12,14H,4-5,8-11H2,1H3,(H,25,29)(H,26,32). The lowest BCUT2D eigenvalue weighted by Crippen LogP contribution is -2.57. The molecule has 0 radical (unpaired) electrons. The van der Waals surface area contributed by atoms with Crippen molar-refractivity contribution in [1.82, 2.24) is 15.5 Å². The van der Waals surface area contributed by atoms with Crippen LogP contribution in [-0.2, 0) is 20.8 Å². The number of hydrogen-bond acceptors (Lipinski definition) is 4. The summed E-state index contributed by atoms with van der Waals surface area (Å²) in [5.74, 6) is -3.15. The molecule has 1 saturated heterocycles. The predicted molar refractivity (Wildman–Crippen MR) is 107 cm³/mol. The molecule has 1 aromatic rings. The molecule has 1 aromatic carbocycles. The van der Waals surface area contributed by atoms with Gasteiger partial charge in [0, 0.05) is 12.2 Å². The Bertz CT molecular complexity index is 974. The van der Waals surface area contributed by atoms with E-state index in [1.54, 1.807) is 12.1 Å². The summed E-state index contributed by atoms with van der Waals surface area (Å²) in [6.07, 6.45) is -2.25. The number of urea groups is 1. The highest BCUT2D eigenvalue weighted by Crippen LogP contribution is 2.36. The van der Waals surface area contributed by atoms with Gasteiger partial charge in [-0.2, -0.15) is 13.2 Å². The molecule has 2 N–H and O–H groups in total. The van der Waals surface area contributed by atoms with Crippen LogP contribution in [0.15, 0.2) is 24.3 Å². The van der Waals surface area contributed by atoms with E-state index in [2.05, 4.69) is 10.6 Å². The third kappa shape index (κ3) is 3.69. The van der Waals surface area contributed by atoms with E-state index in [-0.39, 0.29) is 18.7 Å². The number of anilines is 1. The van der Waals surface area contributed by atoms with Gasteiger partial charge in [0.25, 0.3) is 5.91 Å². The summed E-state index contributed by atoms with van der Waals surface area (Å²) >= 11 is 0. The van der Waals surface area contributed by atoms with Gasteiger partial charge in [-0.1, -0.05) is 31.0 Å². The molecule has 2 unspecified atom stereocenters. The Kier molecular flexibility index (Phi) is 5.38. The third-order valence-corrected chi connectivity index (χ3v) is 6.40. The van der Waals surface area contributed by atoms with E-state index in [4.69, 9.17) is 0 Å². The molecular formula is C21H23F3N4O4. The Morgan fingerprint density at radius 1 is 1.19 bits per heavy atom. The van der Waals surface area contributed by atoms with E-state index in [9.17, 15) is 32.3 Å². The Balaban J connectivity index is 1.50. The van der Waals surface area contributed by atoms with Crippen molar-refractivity contribution in [3.8, 4) is 0 Å². The monoisotopic (exact) mass is 452 g/mol. The summed E-state index contributed by atoms with van der Waals surface area (Å²) in [7, 11) is 0. The van der Waals surface area contributed by atoms with Crippen LogP contribution in [0.1, 0.15) is 38.2 Å². The van der Waals surface area contributed by atoms with E-state index in [1.165, 1.54) is 19.1 Å². The molecule has 3 aliphatic rings. The zero-order valence-corrected chi connectivity index (χ0v) is 17.4. The molecule has 11 heteroatoms. The fourth-order valence-electron chi connectivity index (χ4n) is 4.79. The molecule has 2 atom stereocenters. The number of carbonyl (C=O) groups excluding carboxylic acids is 4. The molecular weight excluding hydrogens is 429 g/mol. The number of carbonyl (C=O) groups is 4. The van der Waals surface area contributed by atoms with Crippen LogP contribution in [0.2, 0.25) is 0 Å². The first-order valence-corrected chi connectivity index (χ1v) is 10.5. The first-order valence-electron chi connectivity index (χ1n) is 10.5. The average molecular weight is 452 g/mol. The summed E-state index contributed by atoms with van der Waals surface area (Å²) < 4.78 is 39.3. The van der Waals surface area contributed by atoms with Crippen molar-refractivity contribution >= 4 is 29.4 Å². The van der Waals surface area contributed by atoms with Crippen molar-refractivity contribution in [2.75, 3.05) is 11.4 Å². The first-order chi connectivity index (χ1) is 15.0. The van der Waals surface area contributed by atoms with Gasteiger partial charge in [-0.3, -0.25) is 14.4 Å². The van der Waals surface area contributed by atoms with Gasteiger partial charge in [0.05, 0.1) is 6.04 Å². The molecule has 2 fully saturated rings. The first kappa shape index (κ1) is 22.1. The van der Waals surface area contributed by atoms with Crippen LogP contribution in [0, 0.1) is 0 Å². The quantitative estimate of drug-likeness (QED) is 0.685. The summed E-state index contributed by atoms with van der Waals surface area (Å²) in [5.41, 5.74) is -0.342. The zero-order chi connectivity index (χ0) is 23.3. The number of hydrogen-bond donors (Lipinski definition) is 2. The predicted octanol–water partition coefficient (Wildman–Crippen LogP) is 1.88. The second-order valence-corrected chi connectivity index (χ2v) is 8.52. The molecule has 32 heavy (non-hydrogen) atoms. The lowest BCUT2D eigenvalue weighted by atomic mass is 9.96. The zero-order valence-electron chi connectivity index (χ0n) is 17.4. The number of nitrogens with one attached hydrogen (secondary N) is 2. The molecule has 8 nitrogen and oxygen atoms in total. The van der Waals surface area contributed by atoms with Gasteiger partial charge in [-0.15, -0.1) is 0 Å². The molecule has 1 saturated carbocycles. The van der Waals surface area contributed by atoms with E-state index in [0.29, 0.717) is 23.3 Å². The van der Waals surface area contributed by atoms with Gasteiger partial charge >= 0.3 is 18.1 Å². The number of nitrogens with zero attached hydrogens (tertiary/aromatic N) is 2. The number of benzene rings is 1. The van der Waals surface area contributed by atoms with Gasteiger partial charge in [0.15, 0.2) is 0 Å². The number of amides is 5. The summed E-state index contributed by atoms with van der Waals surface area (Å²) in [6, 6.07) is 3.58. The number of imide groups is 1. The Morgan fingerprint density at radius 3 is 2.50 bits per heavy atom. The Hall–Kier alpha value is -3.11. The van der Waals surface area contributed by atoms with Crippen LogP contribution < -0.4 is 15.5 Å². The van der Waals surface area contributed by atoms with E-state index in [1.807, 2.05) is 0 Å². The summed E-state index contributed by atoms with van der Waals surface area (Å²) in [5, 5.41) is 5.32. The Labute approximate surface area is 182 Å². The third-order valence-electron chi connectivity index (χ3n) is 6.40. The highest BCUT2D eigenvalue weighted by atomic mass is 19.4. The largest absolute Gasteiger partial charge is 0.471 e. The number of halogens is 3. The summed E-state index contributed by atoms with van der Waals surface area (Å²) in [4.78, 5) is 51.6. The number of rotatable bonds is 3. The maximum atomic E-state index is 13.1. The van der Waals surface area contributed by atoms with Crippen LogP contribution in [0.4, 0.5) is 23.7 Å². The lowest BCUT2D eigenvalue weighted by Gasteiger charge is -2.36. The van der Waals surface area contributed by atoms with Crippen molar-refractivity contribution in [1.29, 1.82) is 0 Å². The molecule has 4 rings (SSSR count). The molecule has 2 aliphatic heterocycles. The SMILES string of the molecule is CC(C(=O)NC1Cc2ccccc2N(C(=O)C(F)(F)F)C1)N1C(=O)NC2(CCCC2)C1=O. The summed E-state index contributed by atoms with van der Waals surface area (Å²) in [6.45, 7) is 1.02. The number of fused-ring (bicyclic) bond motifs is 1. The molecule has 0 aromatic heterocycles. The minimum Gasteiger partial charge on any atom is -0.349 e. The maximum Gasteiger partial charge on any atom is 0.471 e. The van der Waals surface area contributed by atoms with Crippen LogP contribution in [0.5, 0.6) is 0 Å². The number of para-hydroxylation sites is 1. The van der Waals surface area contributed by atoms with Gasteiger partial charge in [0.2, 0.25) is 5.91 Å². The van der Waals surface area contributed by atoms with E-state index >= 15 is 0 Å². The fraction of sp³-hybridized carbons (Fsp3) is 0.524. The van der Waals surface area contributed by atoms with Crippen LogP contribution >= 0.6 is 0 Å². The lowest BCUT2D eigenvalue weighted by molar-refractivity contribution is -0.170. The van der Waals surface area contributed by atoms with Gasteiger partial charge in [0.1, 0.15) is 11.6 Å². The van der Waals surface area contributed by atoms with Crippen LogP contribution in [-0.4, -0.2) is 59.0 Å². The van der Waals surface area contributed by atoms with Gasteiger partial charge in [-0.25, -0.2) is 9.69 Å². The fourth-order valence-corrected chi connectivity index (χ4v) is 4.79. The van der Waals surface area contributed by atoms with E-state index < -0.39 is 47.6 Å². The van der Waals surface area contributed by atoms with Gasteiger partial charge in [-0.05, 0) is 37.8 Å². The highest BCUT2D eigenvalue weighted by molar-refractivity contribution is 6.10. The smallest absolute Gasteiger partial charge is 0.349 e. The Morgan fingerprint density at radius 2 is 1.84 bits per heavy atom. The maximum absolute atomic E-state index is 13.1. The number of alkyl halides is 3. The average Bonchev–Trinajstić information content (AvgIpc) is 3.30. The van der Waals surface area contributed by atoms with E-state index in [0.717, 1.165) is 17.7 Å². The van der Waals surface area contributed by atoms with Crippen molar-refractivity contribution < 1.29 is 32.3 Å². The van der Waals surface area contributed by atoms with Gasteiger partial charge < -0.3 is 15.5 Å². The normalized spacial score (nSPS) is 23.2. The molecule has 0 bridgehead atoms. The topological polar surface area (TPSA) is 98.8 Å². The minimum absolute atomic E-state index is 0.144. The highest BCUT2D eigenvalue weighted by Gasteiger charge is 2.54. The molecule has 1 spiro atoms. The molecule has 172 valence electrons. The van der Waals surface area contributed by atoms with Crippen molar-refractivity contribution in [2.45, 2.75) is 62.8 Å². The molecule has 1 aliphatic carbocycles. The van der Waals surface area contributed by atoms with Crippen LogP contribution in [0.25, 0.3) is 0 Å².